The van der Waals surface area contributed by atoms with E-state index in [2.05, 4.69) is 10.6 Å². The number of nitrogens with one attached hydrogen (secondary N) is 2. The third-order valence-corrected chi connectivity index (χ3v) is 3.99. The summed E-state index contributed by atoms with van der Waals surface area (Å²) in [5, 5.41) is 5.73. The molecule has 6 heteroatoms. The van der Waals surface area contributed by atoms with Gasteiger partial charge in [0.25, 0.3) is 0 Å². The lowest BCUT2D eigenvalue weighted by atomic mass is 9.95. The summed E-state index contributed by atoms with van der Waals surface area (Å²) in [5.74, 6) is -0.169. The highest BCUT2D eigenvalue weighted by molar-refractivity contribution is 5.98. The van der Waals surface area contributed by atoms with Crippen molar-refractivity contribution in [2.45, 2.75) is 54.0 Å². The molecule has 0 spiro atoms. The Kier molecular flexibility index (Phi) is 8.44. The molecule has 4 N–H and O–H groups in total. The zero-order valence-corrected chi connectivity index (χ0v) is 16.2. The Morgan fingerprint density at radius 3 is 2.29 bits per heavy atom. The minimum absolute atomic E-state index is 0. The summed E-state index contributed by atoms with van der Waals surface area (Å²) >= 11 is 0. The van der Waals surface area contributed by atoms with Crippen molar-refractivity contribution in [2.24, 2.45) is 17.1 Å². The number of anilines is 2. The van der Waals surface area contributed by atoms with Gasteiger partial charge in [0.05, 0.1) is 6.04 Å². The minimum Gasteiger partial charge on any atom is -0.325 e. The van der Waals surface area contributed by atoms with Crippen molar-refractivity contribution in [1.29, 1.82) is 0 Å². The van der Waals surface area contributed by atoms with Crippen LogP contribution in [0, 0.1) is 18.3 Å². The summed E-state index contributed by atoms with van der Waals surface area (Å²) in [6.45, 7) is 11.4. The maximum absolute atomic E-state index is 12.2. The monoisotopic (exact) mass is 355 g/mol. The molecule has 24 heavy (non-hydrogen) atoms. The molecule has 0 saturated carbocycles. The van der Waals surface area contributed by atoms with Gasteiger partial charge < -0.3 is 16.4 Å². The molecule has 2 unspecified atom stereocenters. The molecule has 1 rings (SSSR count). The van der Waals surface area contributed by atoms with Crippen molar-refractivity contribution in [3.05, 3.63) is 23.8 Å². The number of rotatable bonds is 5. The van der Waals surface area contributed by atoms with Gasteiger partial charge in [-0.2, -0.15) is 0 Å². The van der Waals surface area contributed by atoms with Gasteiger partial charge in [-0.15, -0.1) is 12.4 Å². The van der Waals surface area contributed by atoms with Gasteiger partial charge in [0.1, 0.15) is 0 Å². The molecule has 0 aliphatic rings. The normalized spacial score (nSPS) is 13.5. The topological polar surface area (TPSA) is 84.2 Å². The average Bonchev–Trinajstić information content (AvgIpc) is 2.47. The molecule has 0 aliphatic carbocycles. The van der Waals surface area contributed by atoms with Crippen LogP contribution in [-0.2, 0) is 9.59 Å². The van der Waals surface area contributed by atoms with Crippen molar-refractivity contribution >= 4 is 35.6 Å². The van der Waals surface area contributed by atoms with Gasteiger partial charge in [0.15, 0.2) is 0 Å². The van der Waals surface area contributed by atoms with Crippen molar-refractivity contribution in [2.75, 3.05) is 10.6 Å². The summed E-state index contributed by atoms with van der Waals surface area (Å²) < 4.78 is 0. The second kappa shape index (κ2) is 9.04. The third kappa shape index (κ3) is 6.13. The zero-order valence-electron chi connectivity index (χ0n) is 15.4. The molecular weight excluding hydrogens is 326 g/mol. The van der Waals surface area contributed by atoms with Gasteiger partial charge in [0.2, 0.25) is 11.8 Å². The van der Waals surface area contributed by atoms with E-state index in [0.29, 0.717) is 11.4 Å². The lowest BCUT2D eigenvalue weighted by molar-refractivity contribution is -0.123. The average molecular weight is 356 g/mol. The van der Waals surface area contributed by atoms with E-state index in [4.69, 9.17) is 5.73 Å². The first-order valence-corrected chi connectivity index (χ1v) is 8.04. The van der Waals surface area contributed by atoms with E-state index in [1.165, 1.54) is 0 Å². The van der Waals surface area contributed by atoms with Gasteiger partial charge in [0, 0.05) is 16.8 Å². The molecule has 136 valence electrons. The van der Waals surface area contributed by atoms with E-state index < -0.39 is 11.5 Å². The molecule has 1 aromatic rings. The molecule has 1 aromatic carbocycles. The predicted molar refractivity (Wildman–Crippen MR) is 103 cm³/mol. The summed E-state index contributed by atoms with van der Waals surface area (Å²) in [5.41, 5.74) is 7.72. The number of carbonyl (C=O) groups excluding carboxylic acids is 2. The Balaban J connectivity index is 0.00000529. The fourth-order valence-electron chi connectivity index (χ4n) is 1.88. The summed E-state index contributed by atoms with van der Waals surface area (Å²) in [4.78, 5) is 24.3. The largest absolute Gasteiger partial charge is 0.325 e. The molecule has 0 heterocycles. The van der Waals surface area contributed by atoms with Gasteiger partial charge in [-0.1, -0.05) is 47.1 Å². The van der Waals surface area contributed by atoms with Gasteiger partial charge in [-0.3, -0.25) is 9.59 Å². The number of hydrogen-bond donors (Lipinski definition) is 3. The molecule has 0 saturated heterocycles. The van der Waals surface area contributed by atoms with Crippen LogP contribution in [0.2, 0.25) is 0 Å². The Bertz CT molecular complexity index is 582. The van der Waals surface area contributed by atoms with E-state index in [0.717, 1.165) is 12.0 Å². The number of hydrogen-bond acceptors (Lipinski definition) is 3. The molecule has 0 fully saturated rings. The highest BCUT2D eigenvalue weighted by Gasteiger charge is 2.22. The molecule has 0 aliphatic heterocycles. The molecule has 0 aromatic heterocycles. The number of aryl methyl sites for hydroxylation is 1. The molecule has 0 radical (unpaired) electrons. The molecule has 0 bridgehead atoms. The Labute approximate surface area is 151 Å². The first-order chi connectivity index (χ1) is 10.6. The van der Waals surface area contributed by atoms with Crippen LogP contribution in [0.15, 0.2) is 18.2 Å². The SMILES string of the molecule is CCC(C)C(N)C(=O)Nc1ccc(C)c(NC(=O)C(C)(C)C)c1.Cl. The van der Waals surface area contributed by atoms with E-state index in [1.807, 2.05) is 53.7 Å². The molecule has 2 atom stereocenters. The van der Waals surface area contributed by atoms with Gasteiger partial charge in [-0.05, 0) is 30.5 Å². The van der Waals surface area contributed by atoms with E-state index in [1.54, 1.807) is 6.07 Å². The Morgan fingerprint density at radius 2 is 1.79 bits per heavy atom. The molecule has 5 nitrogen and oxygen atoms in total. The number of carbonyl (C=O) groups is 2. The van der Waals surface area contributed by atoms with Crippen molar-refractivity contribution in [3.8, 4) is 0 Å². The fraction of sp³-hybridized carbons (Fsp3) is 0.556. The maximum atomic E-state index is 12.2. The van der Waals surface area contributed by atoms with E-state index >= 15 is 0 Å². The van der Waals surface area contributed by atoms with Crippen LogP contribution in [0.25, 0.3) is 0 Å². The lowest BCUT2D eigenvalue weighted by Gasteiger charge is -2.20. The van der Waals surface area contributed by atoms with Gasteiger partial charge in [-0.25, -0.2) is 0 Å². The number of amides is 2. The zero-order chi connectivity index (χ0) is 17.8. The summed E-state index contributed by atoms with van der Waals surface area (Å²) in [6.07, 6.45) is 0.843. The third-order valence-electron chi connectivity index (χ3n) is 3.99. The summed E-state index contributed by atoms with van der Waals surface area (Å²) in [6, 6.07) is 4.89. The smallest absolute Gasteiger partial charge is 0.241 e. The van der Waals surface area contributed by atoms with Crippen molar-refractivity contribution in [3.63, 3.8) is 0 Å². The van der Waals surface area contributed by atoms with E-state index in [-0.39, 0.29) is 30.1 Å². The Hall–Kier alpha value is -1.59. The number of halogens is 1. The van der Waals surface area contributed by atoms with Crippen molar-refractivity contribution in [1.82, 2.24) is 0 Å². The van der Waals surface area contributed by atoms with Crippen LogP contribution >= 0.6 is 12.4 Å². The highest BCUT2D eigenvalue weighted by atomic mass is 35.5. The molecule has 2 amide bonds. The van der Waals surface area contributed by atoms with E-state index in [9.17, 15) is 9.59 Å². The predicted octanol–water partition coefficient (Wildman–Crippen LogP) is 3.71. The van der Waals surface area contributed by atoms with Crippen LogP contribution in [0.5, 0.6) is 0 Å². The fourth-order valence-corrected chi connectivity index (χ4v) is 1.88. The minimum atomic E-state index is -0.547. The number of nitrogens with two attached hydrogens (primary N) is 1. The van der Waals surface area contributed by atoms with Crippen molar-refractivity contribution < 1.29 is 9.59 Å². The number of benzene rings is 1. The van der Waals surface area contributed by atoms with Crippen LogP contribution in [0.1, 0.15) is 46.6 Å². The highest BCUT2D eigenvalue weighted by Crippen LogP contribution is 2.24. The Morgan fingerprint density at radius 1 is 1.21 bits per heavy atom. The second-order valence-electron chi connectivity index (χ2n) is 7.13. The van der Waals surface area contributed by atoms with Crippen LogP contribution < -0.4 is 16.4 Å². The lowest BCUT2D eigenvalue weighted by Crippen LogP contribution is -2.40. The van der Waals surface area contributed by atoms with Gasteiger partial charge >= 0.3 is 0 Å². The second-order valence-corrected chi connectivity index (χ2v) is 7.13. The first-order valence-electron chi connectivity index (χ1n) is 8.04. The summed E-state index contributed by atoms with van der Waals surface area (Å²) in [7, 11) is 0. The molecular formula is C18H30ClN3O2. The maximum Gasteiger partial charge on any atom is 0.241 e. The quantitative estimate of drug-likeness (QED) is 0.752. The van der Waals surface area contributed by atoms with Crippen LogP contribution in [-0.4, -0.2) is 17.9 Å². The van der Waals surface area contributed by atoms with Crippen LogP contribution in [0.4, 0.5) is 11.4 Å². The van der Waals surface area contributed by atoms with Crippen LogP contribution in [0.3, 0.4) is 0 Å². The standard InChI is InChI=1S/C18H29N3O2.ClH/c1-7-11(2)15(19)16(22)20-13-9-8-12(3)14(10-13)21-17(23)18(4,5)6;/h8-11,15H,7,19H2,1-6H3,(H,20,22)(H,21,23);1H. The first kappa shape index (κ1) is 22.4.